The summed E-state index contributed by atoms with van der Waals surface area (Å²) in [4.78, 5) is 30.4. The van der Waals surface area contributed by atoms with Crippen LogP contribution in [-0.4, -0.2) is 23.8 Å². The average molecular weight is 409 g/mol. The molecule has 2 aromatic carbocycles. The third-order valence-corrected chi connectivity index (χ3v) is 5.70. The lowest BCUT2D eigenvalue weighted by Crippen LogP contribution is -2.34. The molecule has 0 aliphatic carbocycles. The minimum absolute atomic E-state index is 0.315. The SMILES string of the molecule is CN(Cc1ccccc1)C1=C(c2cccs2)C(=O)N(c2ccc(Cl)cc2)C1=O. The first-order valence-electron chi connectivity index (χ1n) is 8.74. The van der Waals surface area contributed by atoms with Gasteiger partial charge in [-0.2, -0.15) is 0 Å². The summed E-state index contributed by atoms with van der Waals surface area (Å²) in [6.45, 7) is 0.526. The molecule has 0 atom stereocenters. The molecule has 0 bridgehead atoms. The molecule has 6 heteroatoms. The molecule has 0 saturated heterocycles. The lowest BCUT2D eigenvalue weighted by Gasteiger charge is -2.21. The third kappa shape index (κ3) is 3.35. The van der Waals surface area contributed by atoms with Gasteiger partial charge in [0, 0.05) is 23.5 Å². The summed E-state index contributed by atoms with van der Waals surface area (Å²) in [5, 5.41) is 2.45. The minimum atomic E-state index is -0.325. The van der Waals surface area contributed by atoms with Crippen molar-refractivity contribution in [3.8, 4) is 0 Å². The molecule has 2 amide bonds. The first kappa shape index (κ1) is 18.5. The predicted molar refractivity (Wildman–Crippen MR) is 113 cm³/mol. The number of likely N-dealkylation sites (N-methyl/N-ethyl adjacent to an activating group) is 1. The standard InChI is InChI=1S/C22H17ClN2O2S/c1-24(14-15-6-3-2-4-7-15)20-19(18-8-5-13-28-18)21(26)25(22(20)27)17-11-9-16(23)10-12-17/h2-13H,14H2,1H3. The van der Waals surface area contributed by atoms with Gasteiger partial charge in [0.2, 0.25) is 0 Å². The molecule has 4 rings (SSSR count). The molecule has 28 heavy (non-hydrogen) atoms. The Hall–Kier alpha value is -2.89. The number of carbonyl (C=O) groups is 2. The lowest BCUT2D eigenvalue weighted by molar-refractivity contribution is -0.120. The quantitative estimate of drug-likeness (QED) is 0.568. The van der Waals surface area contributed by atoms with E-state index in [1.165, 1.54) is 16.2 Å². The van der Waals surface area contributed by atoms with Gasteiger partial charge >= 0.3 is 0 Å². The Bertz CT molecular complexity index is 1040. The zero-order valence-electron chi connectivity index (χ0n) is 15.1. The van der Waals surface area contributed by atoms with Crippen LogP contribution in [0.2, 0.25) is 5.02 Å². The van der Waals surface area contributed by atoms with E-state index in [1.54, 1.807) is 24.3 Å². The second kappa shape index (κ2) is 7.62. The van der Waals surface area contributed by atoms with Gasteiger partial charge < -0.3 is 4.90 Å². The number of imide groups is 1. The van der Waals surface area contributed by atoms with Crippen LogP contribution in [0.5, 0.6) is 0 Å². The number of carbonyl (C=O) groups excluding carboxylic acids is 2. The molecule has 2 heterocycles. The van der Waals surface area contributed by atoms with Crippen molar-refractivity contribution in [3.05, 3.63) is 93.3 Å². The molecule has 0 unspecified atom stereocenters. The first-order valence-corrected chi connectivity index (χ1v) is 9.99. The van der Waals surface area contributed by atoms with E-state index in [-0.39, 0.29) is 11.8 Å². The van der Waals surface area contributed by atoms with Crippen molar-refractivity contribution in [3.63, 3.8) is 0 Å². The van der Waals surface area contributed by atoms with Crippen LogP contribution in [0.15, 0.2) is 77.8 Å². The van der Waals surface area contributed by atoms with Crippen LogP contribution in [0.25, 0.3) is 5.57 Å². The predicted octanol–water partition coefficient (Wildman–Crippen LogP) is 4.82. The number of thiophene rings is 1. The molecule has 1 aromatic heterocycles. The lowest BCUT2D eigenvalue weighted by atomic mass is 10.1. The average Bonchev–Trinajstić information content (AvgIpc) is 3.30. The molecule has 140 valence electrons. The molecule has 4 nitrogen and oxygen atoms in total. The summed E-state index contributed by atoms with van der Waals surface area (Å²) in [6, 6.07) is 20.3. The monoisotopic (exact) mass is 408 g/mol. The highest BCUT2D eigenvalue weighted by Gasteiger charge is 2.42. The number of hydrogen-bond acceptors (Lipinski definition) is 4. The Balaban J connectivity index is 1.76. The summed E-state index contributed by atoms with van der Waals surface area (Å²) in [6.07, 6.45) is 0. The van der Waals surface area contributed by atoms with Crippen LogP contribution in [0.1, 0.15) is 10.4 Å². The van der Waals surface area contributed by atoms with Gasteiger partial charge in [0.1, 0.15) is 5.70 Å². The molecule has 0 spiro atoms. The van der Waals surface area contributed by atoms with Crippen molar-refractivity contribution in [1.82, 2.24) is 4.90 Å². The Labute approximate surface area is 172 Å². The van der Waals surface area contributed by atoms with E-state index in [9.17, 15) is 9.59 Å². The van der Waals surface area contributed by atoms with Crippen LogP contribution in [-0.2, 0) is 16.1 Å². The Morgan fingerprint density at radius 2 is 1.64 bits per heavy atom. The van der Waals surface area contributed by atoms with E-state index in [1.807, 2.05) is 59.8 Å². The van der Waals surface area contributed by atoms with Crippen molar-refractivity contribution < 1.29 is 9.59 Å². The zero-order chi connectivity index (χ0) is 19.7. The second-order valence-corrected chi connectivity index (χ2v) is 7.85. The van der Waals surface area contributed by atoms with Crippen molar-refractivity contribution in [2.75, 3.05) is 11.9 Å². The van der Waals surface area contributed by atoms with Gasteiger partial charge in [-0.25, -0.2) is 4.90 Å². The maximum absolute atomic E-state index is 13.3. The summed E-state index contributed by atoms with van der Waals surface area (Å²) in [5.74, 6) is -0.640. The van der Waals surface area contributed by atoms with E-state index >= 15 is 0 Å². The molecule has 0 fully saturated rings. The van der Waals surface area contributed by atoms with Gasteiger partial charge in [0.05, 0.1) is 11.3 Å². The van der Waals surface area contributed by atoms with Crippen molar-refractivity contribution >= 4 is 46.0 Å². The topological polar surface area (TPSA) is 40.6 Å². The summed E-state index contributed by atoms with van der Waals surface area (Å²) in [7, 11) is 1.84. The first-order chi connectivity index (χ1) is 13.6. The fourth-order valence-corrected chi connectivity index (χ4v) is 4.16. The molecule has 1 aliphatic rings. The van der Waals surface area contributed by atoms with Crippen molar-refractivity contribution in [1.29, 1.82) is 0 Å². The van der Waals surface area contributed by atoms with Crippen LogP contribution < -0.4 is 4.90 Å². The second-order valence-electron chi connectivity index (χ2n) is 6.46. The number of benzene rings is 2. The molecule has 3 aromatic rings. The van der Waals surface area contributed by atoms with Crippen LogP contribution >= 0.6 is 22.9 Å². The molecule has 0 N–H and O–H groups in total. The number of hydrogen-bond donors (Lipinski definition) is 0. The molecule has 1 aliphatic heterocycles. The number of anilines is 1. The van der Waals surface area contributed by atoms with Gasteiger partial charge in [-0.15, -0.1) is 11.3 Å². The number of amides is 2. The largest absolute Gasteiger partial charge is 0.365 e. The van der Waals surface area contributed by atoms with Gasteiger partial charge in [-0.3, -0.25) is 9.59 Å². The molecular weight excluding hydrogens is 392 g/mol. The highest BCUT2D eigenvalue weighted by Crippen LogP contribution is 2.36. The molecular formula is C22H17ClN2O2S. The van der Waals surface area contributed by atoms with Gasteiger partial charge in [-0.1, -0.05) is 48.0 Å². The van der Waals surface area contributed by atoms with Crippen molar-refractivity contribution in [2.24, 2.45) is 0 Å². The van der Waals surface area contributed by atoms with Gasteiger partial charge in [0.25, 0.3) is 11.8 Å². The van der Waals surface area contributed by atoms with Gasteiger partial charge in [0.15, 0.2) is 0 Å². The molecule has 0 radical (unpaired) electrons. The van der Waals surface area contributed by atoms with E-state index in [4.69, 9.17) is 11.6 Å². The minimum Gasteiger partial charge on any atom is -0.365 e. The fourth-order valence-electron chi connectivity index (χ4n) is 3.28. The van der Waals surface area contributed by atoms with Crippen LogP contribution in [0.4, 0.5) is 5.69 Å². The maximum Gasteiger partial charge on any atom is 0.282 e. The summed E-state index contributed by atoms with van der Waals surface area (Å²) in [5.41, 5.74) is 2.42. The maximum atomic E-state index is 13.3. The number of nitrogens with zero attached hydrogens (tertiary/aromatic N) is 2. The summed E-state index contributed by atoms with van der Waals surface area (Å²) < 4.78 is 0. The zero-order valence-corrected chi connectivity index (χ0v) is 16.7. The van der Waals surface area contributed by atoms with Gasteiger partial charge in [-0.05, 0) is 41.3 Å². The molecule has 0 saturated carbocycles. The van der Waals surface area contributed by atoms with E-state index < -0.39 is 0 Å². The number of halogens is 1. The van der Waals surface area contributed by atoms with E-state index in [2.05, 4.69) is 0 Å². The Morgan fingerprint density at radius 3 is 2.29 bits per heavy atom. The highest BCUT2D eigenvalue weighted by atomic mass is 35.5. The number of rotatable bonds is 5. The normalized spacial score (nSPS) is 14.1. The Morgan fingerprint density at radius 1 is 0.929 bits per heavy atom. The third-order valence-electron chi connectivity index (χ3n) is 4.56. The van der Waals surface area contributed by atoms with Crippen LogP contribution in [0.3, 0.4) is 0 Å². The van der Waals surface area contributed by atoms with E-state index in [0.29, 0.717) is 28.5 Å². The Kier molecular flexibility index (Phi) is 5.03. The van der Waals surface area contributed by atoms with E-state index in [0.717, 1.165) is 10.4 Å². The van der Waals surface area contributed by atoms with Crippen molar-refractivity contribution in [2.45, 2.75) is 6.54 Å². The summed E-state index contributed by atoms with van der Waals surface area (Å²) >= 11 is 7.41. The smallest absolute Gasteiger partial charge is 0.282 e. The van der Waals surface area contributed by atoms with Crippen LogP contribution in [0, 0.1) is 0 Å². The fraction of sp³-hybridized carbons (Fsp3) is 0.0909. The highest BCUT2D eigenvalue weighted by molar-refractivity contribution is 7.11.